The fraction of sp³-hybridized carbons (Fsp3) is 0.273. The fourth-order valence-corrected chi connectivity index (χ4v) is 4.47. The van der Waals surface area contributed by atoms with Crippen LogP contribution in [0.2, 0.25) is 0 Å². The number of rotatable bonds is 3. The standard InChI is InChI=1S/C22H20N2O4S/c1-26-17-4-2-14-6-7-24(12-16(14)10-17)22(25)18-13-29-21(23-18)15-3-5-19-20(11-15)28-9-8-27-19/h2-5,10-11,13H,6-9,12H2,1H3. The van der Waals surface area contributed by atoms with E-state index in [-0.39, 0.29) is 5.91 Å². The molecule has 0 saturated heterocycles. The van der Waals surface area contributed by atoms with Gasteiger partial charge in [-0.2, -0.15) is 0 Å². The average molecular weight is 408 g/mol. The second kappa shape index (κ2) is 7.40. The molecule has 6 nitrogen and oxygen atoms in total. The van der Waals surface area contributed by atoms with Gasteiger partial charge in [0.25, 0.3) is 5.91 Å². The molecule has 3 aromatic rings. The summed E-state index contributed by atoms with van der Waals surface area (Å²) >= 11 is 1.46. The molecule has 1 amide bonds. The van der Waals surface area contributed by atoms with Crippen molar-refractivity contribution < 1.29 is 19.0 Å². The first-order valence-corrected chi connectivity index (χ1v) is 10.4. The summed E-state index contributed by atoms with van der Waals surface area (Å²) in [6, 6.07) is 11.8. The summed E-state index contributed by atoms with van der Waals surface area (Å²) in [6.45, 7) is 2.36. The molecule has 0 saturated carbocycles. The Bertz CT molecular complexity index is 1080. The third-order valence-electron chi connectivity index (χ3n) is 5.23. The number of amides is 1. The Morgan fingerprint density at radius 2 is 1.97 bits per heavy atom. The molecule has 2 aliphatic rings. The van der Waals surface area contributed by atoms with Crippen molar-refractivity contribution in [3.05, 3.63) is 58.6 Å². The van der Waals surface area contributed by atoms with Crippen LogP contribution in [-0.2, 0) is 13.0 Å². The smallest absolute Gasteiger partial charge is 0.273 e. The average Bonchev–Trinajstić information content (AvgIpc) is 3.27. The Morgan fingerprint density at radius 1 is 1.10 bits per heavy atom. The number of methoxy groups -OCH3 is 1. The van der Waals surface area contributed by atoms with Gasteiger partial charge in [0.1, 0.15) is 29.7 Å². The van der Waals surface area contributed by atoms with Crippen LogP contribution in [0.3, 0.4) is 0 Å². The lowest BCUT2D eigenvalue weighted by Crippen LogP contribution is -2.36. The van der Waals surface area contributed by atoms with Crippen molar-refractivity contribution in [3.8, 4) is 27.8 Å². The van der Waals surface area contributed by atoms with Crippen molar-refractivity contribution in [2.45, 2.75) is 13.0 Å². The molecule has 0 aliphatic carbocycles. The van der Waals surface area contributed by atoms with Crippen molar-refractivity contribution in [2.75, 3.05) is 26.9 Å². The molecule has 1 aromatic heterocycles. The van der Waals surface area contributed by atoms with E-state index in [1.807, 2.05) is 40.6 Å². The van der Waals surface area contributed by atoms with Crippen LogP contribution in [0.25, 0.3) is 10.6 Å². The molecule has 148 valence electrons. The first kappa shape index (κ1) is 18.0. The third kappa shape index (κ3) is 3.42. The Hall–Kier alpha value is -3.06. The van der Waals surface area contributed by atoms with Crippen LogP contribution in [-0.4, -0.2) is 42.7 Å². The maximum Gasteiger partial charge on any atom is 0.273 e. The van der Waals surface area contributed by atoms with Crippen LogP contribution in [0.5, 0.6) is 17.2 Å². The SMILES string of the molecule is COc1ccc2c(c1)CN(C(=O)c1csc(-c3ccc4c(c3)OCCO4)n1)CC2. The summed E-state index contributed by atoms with van der Waals surface area (Å²) in [5.41, 5.74) is 3.80. The van der Waals surface area contributed by atoms with Gasteiger partial charge in [0, 0.05) is 24.0 Å². The predicted molar refractivity (Wildman–Crippen MR) is 110 cm³/mol. The van der Waals surface area contributed by atoms with Crippen molar-refractivity contribution in [1.29, 1.82) is 0 Å². The summed E-state index contributed by atoms with van der Waals surface area (Å²) in [6.07, 6.45) is 0.838. The lowest BCUT2D eigenvalue weighted by molar-refractivity contribution is 0.0729. The van der Waals surface area contributed by atoms with Gasteiger partial charge < -0.3 is 19.1 Å². The zero-order valence-corrected chi connectivity index (χ0v) is 16.8. The van der Waals surface area contributed by atoms with Gasteiger partial charge in [-0.1, -0.05) is 6.07 Å². The number of aromatic nitrogens is 1. The molecule has 2 aromatic carbocycles. The van der Waals surface area contributed by atoms with Gasteiger partial charge in [-0.05, 0) is 47.9 Å². The van der Waals surface area contributed by atoms with Crippen molar-refractivity contribution in [2.24, 2.45) is 0 Å². The normalized spacial score (nSPS) is 15.0. The van der Waals surface area contributed by atoms with Crippen molar-refractivity contribution in [1.82, 2.24) is 9.88 Å². The molecule has 0 bridgehead atoms. The van der Waals surface area contributed by atoms with Crippen molar-refractivity contribution in [3.63, 3.8) is 0 Å². The van der Waals surface area contributed by atoms with E-state index in [4.69, 9.17) is 14.2 Å². The van der Waals surface area contributed by atoms with Crippen molar-refractivity contribution >= 4 is 17.2 Å². The lowest BCUT2D eigenvalue weighted by atomic mass is 9.99. The highest BCUT2D eigenvalue weighted by Crippen LogP contribution is 2.35. The minimum atomic E-state index is -0.0430. The van der Waals surface area contributed by atoms with E-state index in [1.165, 1.54) is 16.9 Å². The molecule has 0 unspecified atom stereocenters. The first-order chi connectivity index (χ1) is 14.2. The van der Waals surface area contributed by atoms with Gasteiger partial charge >= 0.3 is 0 Å². The van der Waals surface area contributed by atoms with E-state index in [1.54, 1.807) is 7.11 Å². The van der Waals surface area contributed by atoms with Gasteiger partial charge in [-0.25, -0.2) is 4.98 Å². The number of benzene rings is 2. The highest BCUT2D eigenvalue weighted by molar-refractivity contribution is 7.13. The molecule has 0 atom stereocenters. The zero-order valence-electron chi connectivity index (χ0n) is 16.0. The summed E-state index contributed by atoms with van der Waals surface area (Å²) in [7, 11) is 1.65. The van der Waals surface area contributed by atoms with E-state index in [0.717, 1.165) is 39.8 Å². The highest BCUT2D eigenvalue weighted by Gasteiger charge is 2.24. The molecule has 3 heterocycles. The topological polar surface area (TPSA) is 60.9 Å². The third-order valence-corrected chi connectivity index (χ3v) is 6.12. The van der Waals surface area contributed by atoms with Crippen LogP contribution in [0.15, 0.2) is 41.8 Å². The van der Waals surface area contributed by atoms with Gasteiger partial charge in [0.15, 0.2) is 11.5 Å². The summed E-state index contributed by atoms with van der Waals surface area (Å²) in [5.74, 6) is 2.24. The van der Waals surface area contributed by atoms with E-state index in [0.29, 0.717) is 32.0 Å². The zero-order chi connectivity index (χ0) is 19.8. The molecular formula is C22H20N2O4S. The lowest BCUT2D eigenvalue weighted by Gasteiger charge is -2.28. The Kier molecular flexibility index (Phi) is 4.60. The Labute approximate surface area is 172 Å². The number of hydrogen-bond acceptors (Lipinski definition) is 6. The summed E-state index contributed by atoms with van der Waals surface area (Å²) < 4.78 is 16.5. The van der Waals surface area contributed by atoms with Crippen LogP contribution in [0.1, 0.15) is 21.6 Å². The van der Waals surface area contributed by atoms with Gasteiger partial charge in [0.05, 0.1) is 7.11 Å². The van der Waals surface area contributed by atoms with Gasteiger partial charge in [0.2, 0.25) is 0 Å². The number of nitrogens with zero attached hydrogens (tertiary/aromatic N) is 2. The van der Waals surface area contributed by atoms with Crippen LogP contribution in [0, 0.1) is 0 Å². The largest absolute Gasteiger partial charge is 0.497 e. The maximum atomic E-state index is 13.0. The number of carbonyl (C=O) groups excluding carboxylic acids is 1. The molecule has 2 aliphatic heterocycles. The Morgan fingerprint density at radius 3 is 2.83 bits per heavy atom. The number of ether oxygens (including phenoxy) is 3. The summed E-state index contributed by atoms with van der Waals surface area (Å²) in [5, 5.41) is 2.62. The maximum absolute atomic E-state index is 13.0. The molecule has 29 heavy (non-hydrogen) atoms. The predicted octanol–water partition coefficient (Wildman–Crippen LogP) is 3.79. The first-order valence-electron chi connectivity index (χ1n) is 9.52. The number of hydrogen-bond donors (Lipinski definition) is 0. The van der Waals surface area contributed by atoms with Crippen LogP contribution >= 0.6 is 11.3 Å². The monoisotopic (exact) mass is 408 g/mol. The van der Waals surface area contributed by atoms with Crippen LogP contribution in [0.4, 0.5) is 0 Å². The number of fused-ring (bicyclic) bond motifs is 2. The Balaban J connectivity index is 1.36. The van der Waals surface area contributed by atoms with E-state index >= 15 is 0 Å². The van der Waals surface area contributed by atoms with Gasteiger partial charge in [-0.3, -0.25) is 4.79 Å². The van der Waals surface area contributed by atoms with Crippen LogP contribution < -0.4 is 14.2 Å². The quantitative estimate of drug-likeness (QED) is 0.660. The second-order valence-electron chi connectivity index (χ2n) is 7.01. The van der Waals surface area contributed by atoms with E-state index < -0.39 is 0 Å². The number of carbonyl (C=O) groups is 1. The molecular weight excluding hydrogens is 388 g/mol. The fourth-order valence-electron chi connectivity index (χ4n) is 3.68. The second-order valence-corrected chi connectivity index (χ2v) is 7.87. The summed E-state index contributed by atoms with van der Waals surface area (Å²) in [4.78, 5) is 19.5. The molecule has 5 rings (SSSR count). The highest BCUT2D eigenvalue weighted by atomic mass is 32.1. The number of thiazole rings is 1. The van der Waals surface area contributed by atoms with E-state index in [2.05, 4.69) is 11.1 Å². The molecule has 7 heteroatoms. The van der Waals surface area contributed by atoms with E-state index in [9.17, 15) is 4.79 Å². The molecule has 0 N–H and O–H groups in total. The minimum Gasteiger partial charge on any atom is -0.497 e. The minimum absolute atomic E-state index is 0.0430. The molecule has 0 spiro atoms. The molecule has 0 fully saturated rings. The van der Waals surface area contributed by atoms with Gasteiger partial charge in [-0.15, -0.1) is 11.3 Å². The molecule has 0 radical (unpaired) electrons.